The van der Waals surface area contributed by atoms with E-state index in [2.05, 4.69) is 110 Å². The van der Waals surface area contributed by atoms with Gasteiger partial charge in [-0.3, -0.25) is 19.3 Å². The quantitative estimate of drug-likeness (QED) is 0.0581. The van der Waals surface area contributed by atoms with Gasteiger partial charge in [-0.2, -0.15) is 0 Å². The van der Waals surface area contributed by atoms with Crippen molar-refractivity contribution < 1.29 is 23.9 Å². The van der Waals surface area contributed by atoms with Gasteiger partial charge in [-0.15, -0.1) is 0 Å². The molecule has 0 aromatic heterocycles. The summed E-state index contributed by atoms with van der Waals surface area (Å²) in [5.41, 5.74) is 4.96. The predicted octanol–water partition coefficient (Wildman–Crippen LogP) is 10.1. The van der Waals surface area contributed by atoms with Gasteiger partial charge in [0.2, 0.25) is 5.91 Å². The van der Waals surface area contributed by atoms with E-state index in [1.807, 2.05) is 43.3 Å². The van der Waals surface area contributed by atoms with Crippen molar-refractivity contribution in [2.45, 2.75) is 123 Å². The van der Waals surface area contributed by atoms with Gasteiger partial charge in [-0.05, 0) is 181 Å². The molecule has 5 aliphatic carbocycles. The highest BCUT2D eigenvalue weighted by molar-refractivity contribution is 6.04. The highest BCUT2D eigenvalue weighted by Gasteiger charge is 2.62. The third kappa shape index (κ3) is 13.8. The highest BCUT2D eigenvalue weighted by atomic mass is 16.5. The first-order valence-electron chi connectivity index (χ1n) is 28.1. The molecule has 0 spiro atoms. The van der Waals surface area contributed by atoms with Gasteiger partial charge in [0, 0.05) is 70.2 Å². The van der Waals surface area contributed by atoms with Crippen LogP contribution in [0, 0.1) is 29.6 Å². The number of methoxy groups -OCH3 is 2. The van der Waals surface area contributed by atoms with Crippen LogP contribution in [0.2, 0.25) is 0 Å². The smallest absolute Gasteiger partial charge is 0.251 e. The summed E-state index contributed by atoms with van der Waals surface area (Å²) in [5.74, 6) is 3.28. The van der Waals surface area contributed by atoms with Crippen molar-refractivity contribution in [2.24, 2.45) is 29.6 Å². The highest BCUT2D eigenvalue weighted by Crippen LogP contribution is 2.60. The number of likely N-dealkylation sites (N-methyl/N-ethyl adjacent to an activating group) is 2. The third-order valence-corrected chi connectivity index (χ3v) is 17.2. The number of Topliss-reactive ketones (excluding diaryl/α,β-unsaturated/α-hetero) is 1. The first-order chi connectivity index (χ1) is 35.0. The zero-order valence-corrected chi connectivity index (χ0v) is 47.2. The Balaban J connectivity index is 1.11. The van der Waals surface area contributed by atoms with Gasteiger partial charge in [-0.1, -0.05) is 66.3 Å². The Morgan fingerprint density at radius 1 is 0.753 bits per heavy atom. The van der Waals surface area contributed by atoms with Crippen LogP contribution in [0.25, 0.3) is 11.4 Å². The molecule has 2 aromatic carbocycles. The van der Waals surface area contributed by atoms with Gasteiger partial charge in [-0.25, -0.2) is 0 Å². The minimum Gasteiger partial charge on any atom is -0.496 e. The molecule has 0 saturated heterocycles. The largest absolute Gasteiger partial charge is 0.496 e. The molecular formula is C61H95N7O5. The first kappa shape index (κ1) is 57.6. The number of ether oxygens (including phenoxy) is 2. The molecule has 5 aliphatic rings. The Hall–Kier alpha value is -4.65. The van der Waals surface area contributed by atoms with Crippen LogP contribution in [0.5, 0.6) is 11.5 Å². The van der Waals surface area contributed by atoms with Crippen LogP contribution in [-0.2, 0) is 14.4 Å². The average molecular weight is 1010 g/mol. The number of benzene rings is 2. The fourth-order valence-corrected chi connectivity index (χ4v) is 12.8. The fraction of sp³-hybridized carbons (Fsp3) is 0.656. The molecule has 1 N–H and O–H groups in total. The van der Waals surface area contributed by atoms with Crippen molar-refractivity contribution in [1.29, 1.82) is 0 Å². The number of carbonyl (C=O) groups excluding carboxylic acids is 3. The number of amides is 2. The molecule has 4 bridgehead atoms. The van der Waals surface area contributed by atoms with Crippen LogP contribution in [-0.4, -0.2) is 155 Å². The number of ketones is 1. The lowest BCUT2D eigenvalue weighted by atomic mass is 9.46. The summed E-state index contributed by atoms with van der Waals surface area (Å²) in [6.07, 6.45) is 14.2. The molecule has 5 fully saturated rings. The molecule has 5 saturated carbocycles. The van der Waals surface area contributed by atoms with E-state index in [1.165, 1.54) is 6.42 Å². The molecule has 0 aliphatic heterocycles. The van der Waals surface area contributed by atoms with Crippen LogP contribution < -0.4 is 19.7 Å². The number of hydrogen-bond donors (Lipinski definition) is 1. The Morgan fingerprint density at radius 3 is 1.86 bits per heavy atom. The van der Waals surface area contributed by atoms with Crippen LogP contribution in [0.1, 0.15) is 134 Å². The molecule has 2 aromatic rings. The molecule has 7 rings (SSSR count). The van der Waals surface area contributed by atoms with E-state index in [4.69, 9.17) is 9.47 Å². The van der Waals surface area contributed by atoms with E-state index >= 15 is 0 Å². The van der Waals surface area contributed by atoms with Crippen molar-refractivity contribution in [1.82, 2.24) is 29.8 Å². The maximum Gasteiger partial charge on any atom is 0.251 e. The lowest BCUT2D eigenvalue weighted by molar-refractivity contribution is -0.155. The summed E-state index contributed by atoms with van der Waals surface area (Å²) in [5, 5.41) is 3.49. The summed E-state index contributed by atoms with van der Waals surface area (Å²) in [6, 6.07) is 12.2. The number of nitrogens with zero attached hydrogens (tertiary/aromatic N) is 6. The van der Waals surface area contributed by atoms with Gasteiger partial charge in [0.15, 0.2) is 5.78 Å². The van der Waals surface area contributed by atoms with Crippen molar-refractivity contribution in [3.63, 3.8) is 0 Å². The summed E-state index contributed by atoms with van der Waals surface area (Å²) >= 11 is 0. The van der Waals surface area contributed by atoms with Gasteiger partial charge < -0.3 is 39.3 Å². The predicted molar refractivity (Wildman–Crippen MR) is 301 cm³/mol. The molecule has 0 unspecified atom stereocenters. The second kappa shape index (κ2) is 26.7. The zero-order chi connectivity index (χ0) is 53.0. The molecule has 73 heavy (non-hydrogen) atoms. The van der Waals surface area contributed by atoms with E-state index in [0.717, 1.165) is 152 Å². The lowest BCUT2D eigenvalue weighted by Gasteiger charge is -2.61. The summed E-state index contributed by atoms with van der Waals surface area (Å²) in [7, 11) is 11.5. The Bertz CT molecular complexity index is 2180. The van der Waals surface area contributed by atoms with Crippen LogP contribution >= 0.6 is 0 Å². The monoisotopic (exact) mass is 1010 g/mol. The molecular weight excluding hydrogens is 911 g/mol. The minimum atomic E-state index is -0.825. The number of hydrogen-bond acceptors (Lipinski definition) is 10. The maximum absolute atomic E-state index is 14.8. The molecule has 2 amide bonds. The van der Waals surface area contributed by atoms with Crippen LogP contribution in [0.15, 0.2) is 61.2 Å². The van der Waals surface area contributed by atoms with Crippen molar-refractivity contribution in [3.8, 4) is 11.5 Å². The van der Waals surface area contributed by atoms with Crippen LogP contribution in [0.3, 0.4) is 0 Å². The fourth-order valence-electron chi connectivity index (χ4n) is 12.8. The average Bonchev–Trinajstić information content (AvgIpc) is 3.35. The van der Waals surface area contributed by atoms with Gasteiger partial charge in [0.05, 0.1) is 32.0 Å². The van der Waals surface area contributed by atoms with Crippen molar-refractivity contribution in [3.05, 3.63) is 77.9 Å². The Kier molecular flexibility index (Phi) is 21.1. The van der Waals surface area contributed by atoms with Crippen molar-refractivity contribution >= 4 is 34.7 Å². The van der Waals surface area contributed by atoms with Crippen LogP contribution in [0.4, 0.5) is 5.69 Å². The number of nitrogens with one attached hydrogen (secondary N) is 1. The summed E-state index contributed by atoms with van der Waals surface area (Å²) < 4.78 is 12.0. The van der Waals surface area contributed by atoms with E-state index in [0.29, 0.717) is 41.1 Å². The Morgan fingerprint density at radius 2 is 1.33 bits per heavy atom. The molecule has 0 heterocycles. The standard InChI is InChI=1S/C61H95N7O5/c1-14-27-67(16-3)33-34-68(28-15-2)42-57(69)65(10)32-20-30-63(8)29-19-31-64(9)45(7)49-25-26-53(52(41-49)43(4)5)66(11)54(58-55(72-12)23-18-24-56(58)73-13)35-44(6)60(71)62-61(59(70)48-21-17-22-48)50-37-46-36-47(39-50)40-51(61)38-46/h18,23-26,35,41,43,46-48,50-51H,6-7,14-17,19-22,27-34,36-40,42H2,1-5,8-13H3,(H,62,71)/b54-35-. The van der Waals surface area contributed by atoms with Gasteiger partial charge in [0.1, 0.15) is 17.0 Å². The zero-order valence-electron chi connectivity index (χ0n) is 47.2. The molecule has 0 atom stereocenters. The molecule has 12 nitrogen and oxygen atoms in total. The number of anilines is 1. The molecule has 404 valence electrons. The minimum absolute atomic E-state index is 0.0361. The summed E-state index contributed by atoms with van der Waals surface area (Å²) in [6.45, 7) is 29.0. The first-order valence-corrected chi connectivity index (χ1v) is 28.1. The van der Waals surface area contributed by atoms with E-state index < -0.39 is 5.54 Å². The van der Waals surface area contributed by atoms with Gasteiger partial charge >= 0.3 is 0 Å². The normalized spacial score (nSPS) is 21.4. The molecule has 12 heteroatoms. The SMILES string of the molecule is C=C(/C=C(/c1c(OC)cccc1OC)N(C)c1ccc(C(=C)N(C)CCCN(C)CCCN(C)C(=O)CN(CCC)CCN(CC)CCC)cc1C(C)C)C(=O)NC1(C(=O)C2CCC2)C2CC3CC(C2)CC1C3. The number of rotatable bonds is 31. The van der Waals surface area contributed by atoms with E-state index in [-0.39, 0.29) is 46.8 Å². The van der Waals surface area contributed by atoms with Gasteiger partial charge in [0.25, 0.3) is 5.91 Å². The maximum atomic E-state index is 14.8. The van der Waals surface area contributed by atoms with E-state index in [1.54, 1.807) is 14.2 Å². The van der Waals surface area contributed by atoms with Crippen molar-refractivity contribution in [2.75, 3.05) is 113 Å². The third-order valence-electron chi connectivity index (χ3n) is 17.2. The lowest BCUT2D eigenvalue weighted by Crippen LogP contribution is -2.71. The van der Waals surface area contributed by atoms with E-state index in [9.17, 15) is 14.4 Å². The second-order valence-corrected chi connectivity index (χ2v) is 22.6. The molecule has 0 radical (unpaired) electrons. The Labute approximate surface area is 441 Å². The topological polar surface area (TPSA) is 101 Å². The number of carbonyl (C=O) groups is 3. The second-order valence-electron chi connectivity index (χ2n) is 22.6. The summed E-state index contributed by atoms with van der Waals surface area (Å²) in [4.78, 5) is 56.0.